The van der Waals surface area contributed by atoms with Crippen molar-refractivity contribution in [2.24, 2.45) is 0 Å². The molecular weight excluding hydrogens is 419 g/mol. The van der Waals surface area contributed by atoms with Crippen molar-refractivity contribution in [3.63, 3.8) is 0 Å². The first kappa shape index (κ1) is 21.5. The predicted octanol–water partition coefficient (Wildman–Crippen LogP) is 1.92. The van der Waals surface area contributed by atoms with Gasteiger partial charge >= 0.3 is 5.97 Å². The van der Waals surface area contributed by atoms with Crippen molar-refractivity contribution in [3.8, 4) is 5.75 Å². The quantitative estimate of drug-likeness (QED) is 0.716. The predicted molar refractivity (Wildman–Crippen MR) is 105 cm³/mol. The van der Waals surface area contributed by atoms with E-state index < -0.39 is 36.7 Å². The van der Waals surface area contributed by atoms with Crippen LogP contribution in [0.4, 0.5) is 10.1 Å². The summed E-state index contributed by atoms with van der Waals surface area (Å²) >= 11 is 6.23. The Balaban J connectivity index is 1.97. The van der Waals surface area contributed by atoms with Crippen molar-refractivity contribution in [3.05, 3.63) is 58.4 Å². The van der Waals surface area contributed by atoms with Crippen LogP contribution in [-0.2, 0) is 16.1 Å². The number of aliphatic hydroxyl groups excluding tert-OH is 1. The lowest BCUT2D eigenvalue weighted by Gasteiger charge is -2.23. The van der Waals surface area contributed by atoms with Crippen molar-refractivity contribution >= 4 is 35.1 Å². The van der Waals surface area contributed by atoms with Gasteiger partial charge in [-0.25, -0.2) is 4.39 Å². The zero-order chi connectivity index (χ0) is 21.8. The van der Waals surface area contributed by atoms with Crippen LogP contribution in [0.15, 0.2) is 36.4 Å². The number of carbonyl (C=O) groups excluding carboxylic acids is 2. The van der Waals surface area contributed by atoms with Gasteiger partial charge < -0.3 is 19.8 Å². The molecule has 0 saturated heterocycles. The number of ether oxygens (including phenoxy) is 1. The summed E-state index contributed by atoms with van der Waals surface area (Å²) in [4.78, 5) is 39.1. The molecule has 0 aliphatic carbocycles. The molecule has 158 valence electrons. The summed E-state index contributed by atoms with van der Waals surface area (Å²) in [6.45, 7) is -1.28. The Morgan fingerprint density at radius 1 is 1.17 bits per heavy atom. The number of carbonyl (C=O) groups is 3. The zero-order valence-corrected chi connectivity index (χ0v) is 16.4. The number of amides is 2. The molecule has 0 spiro atoms. The molecule has 0 saturated carbocycles. The molecule has 1 aliphatic rings. The van der Waals surface area contributed by atoms with E-state index in [2.05, 4.69) is 0 Å². The molecule has 0 aromatic heterocycles. The van der Waals surface area contributed by atoms with Crippen LogP contribution in [0, 0.1) is 5.82 Å². The van der Waals surface area contributed by atoms with E-state index >= 15 is 0 Å². The van der Waals surface area contributed by atoms with E-state index in [9.17, 15) is 18.8 Å². The molecule has 30 heavy (non-hydrogen) atoms. The minimum atomic E-state index is -1.22. The SMILES string of the molecule is O=C(O)CN1Cc2cc(F)ccc2N(C(=O)c2ccc(OCCO)cc2Cl)CC1=O. The smallest absolute Gasteiger partial charge is 0.323 e. The van der Waals surface area contributed by atoms with Crippen molar-refractivity contribution in [1.82, 2.24) is 4.90 Å². The average molecular weight is 437 g/mol. The number of benzene rings is 2. The molecule has 8 nitrogen and oxygen atoms in total. The summed E-state index contributed by atoms with van der Waals surface area (Å²) in [5.41, 5.74) is 0.677. The Kier molecular flexibility index (Phi) is 6.53. The molecule has 3 rings (SSSR count). The molecule has 0 bridgehead atoms. The molecule has 2 amide bonds. The lowest BCUT2D eigenvalue weighted by atomic mass is 10.1. The number of carboxylic acid groups (broad SMARTS) is 1. The number of aliphatic hydroxyl groups is 1. The fourth-order valence-electron chi connectivity index (χ4n) is 3.11. The van der Waals surface area contributed by atoms with Gasteiger partial charge in [0, 0.05) is 12.2 Å². The summed E-state index contributed by atoms with van der Waals surface area (Å²) in [5.74, 6) is -2.64. The van der Waals surface area contributed by atoms with Gasteiger partial charge in [-0.1, -0.05) is 11.6 Å². The fourth-order valence-corrected chi connectivity index (χ4v) is 3.37. The number of nitrogens with zero attached hydrogens (tertiary/aromatic N) is 2. The number of hydrogen-bond donors (Lipinski definition) is 2. The first-order valence-electron chi connectivity index (χ1n) is 8.93. The normalized spacial score (nSPS) is 13.6. The summed E-state index contributed by atoms with van der Waals surface area (Å²) in [5, 5.41) is 18.0. The van der Waals surface area contributed by atoms with Gasteiger partial charge in [-0.2, -0.15) is 0 Å². The third-order valence-corrected chi connectivity index (χ3v) is 4.75. The number of carboxylic acids is 1. The van der Waals surface area contributed by atoms with Gasteiger partial charge in [0.25, 0.3) is 5.91 Å². The number of anilines is 1. The highest BCUT2D eigenvalue weighted by molar-refractivity contribution is 6.34. The van der Waals surface area contributed by atoms with Gasteiger partial charge in [0.1, 0.15) is 31.3 Å². The monoisotopic (exact) mass is 436 g/mol. The molecule has 1 heterocycles. The minimum Gasteiger partial charge on any atom is -0.491 e. The third kappa shape index (κ3) is 4.69. The van der Waals surface area contributed by atoms with Crippen LogP contribution in [0.3, 0.4) is 0 Å². The van der Waals surface area contributed by atoms with Crippen molar-refractivity contribution in [1.29, 1.82) is 0 Å². The van der Waals surface area contributed by atoms with Gasteiger partial charge in [0.2, 0.25) is 5.91 Å². The number of aliphatic carboxylic acids is 1. The molecule has 2 aromatic rings. The molecule has 1 aliphatic heterocycles. The third-order valence-electron chi connectivity index (χ3n) is 4.44. The maximum absolute atomic E-state index is 13.8. The Hall–Kier alpha value is -3.17. The molecular formula is C20H18ClFN2O6. The van der Waals surface area contributed by atoms with Crippen LogP contribution in [0.25, 0.3) is 0 Å². The number of hydrogen-bond acceptors (Lipinski definition) is 5. The lowest BCUT2D eigenvalue weighted by Crippen LogP contribution is -2.42. The van der Waals surface area contributed by atoms with Crippen molar-refractivity contribution in [2.75, 3.05) is 31.2 Å². The van der Waals surface area contributed by atoms with E-state index in [0.29, 0.717) is 17.0 Å². The first-order chi connectivity index (χ1) is 14.3. The van der Waals surface area contributed by atoms with Gasteiger partial charge in [0.05, 0.1) is 17.2 Å². The molecule has 0 fully saturated rings. The van der Waals surface area contributed by atoms with Crippen molar-refractivity contribution < 1.29 is 33.7 Å². The summed E-state index contributed by atoms with van der Waals surface area (Å²) < 4.78 is 19.1. The second-order valence-corrected chi connectivity index (χ2v) is 6.93. The van der Waals surface area contributed by atoms with Gasteiger partial charge in [0.15, 0.2) is 0 Å². The lowest BCUT2D eigenvalue weighted by molar-refractivity contribution is -0.144. The van der Waals surface area contributed by atoms with Crippen LogP contribution in [-0.4, -0.2) is 59.2 Å². The van der Waals surface area contributed by atoms with E-state index in [1.807, 2.05) is 0 Å². The Bertz CT molecular complexity index is 999. The molecule has 10 heteroatoms. The van der Waals surface area contributed by atoms with E-state index in [1.54, 1.807) is 0 Å². The highest BCUT2D eigenvalue weighted by Crippen LogP contribution is 2.30. The minimum absolute atomic E-state index is 0.0581. The Morgan fingerprint density at radius 2 is 1.93 bits per heavy atom. The summed E-state index contributed by atoms with van der Waals surface area (Å²) in [6.07, 6.45) is 0. The maximum Gasteiger partial charge on any atom is 0.323 e. The molecule has 0 radical (unpaired) electrons. The molecule has 2 N–H and O–H groups in total. The highest BCUT2D eigenvalue weighted by atomic mass is 35.5. The van der Waals surface area contributed by atoms with Crippen LogP contribution in [0.5, 0.6) is 5.75 Å². The first-order valence-corrected chi connectivity index (χ1v) is 9.31. The number of fused-ring (bicyclic) bond motifs is 1. The Morgan fingerprint density at radius 3 is 2.60 bits per heavy atom. The highest BCUT2D eigenvalue weighted by Gasteiger charge is 2.31. The van der Waals surface area contributed by atoms with Gasteiger partial charge in [-0.15, -0.1) is 0 Å². The number of halogens is 2. The second-order valence-electron chi connectivity index (χ2n) is 6.52. The van der Waals surface area contributed by atoms with Gasteiger partial charge in [-0.3, -0.25) is 19.3 Å². The van der Waals surface area contributed by atoms with Crippen LogP contribution < -0.4 is 9.64 Å². The largest absolute Gasteiger partial charge is 0.491 e. The number of rotatable bonds is 6. The summed E-state index contributed by atoms with van der Waals surface area (Å²) in [6, 6.07) is 8.02. The van der Waals surface area contributed by atoms with Crippen LogP contribution in [0.1, 0.15) is 15.9 Å². The average Bonchev–Trinajstić information content (AvgIpc) is 2.82. The van der Waals surface area contributed by atoms with E-state index in [-0.39, 0.29) is 30.3 Å². The maximum atomic E-state index is 13.8. The molecule has 0 atom stereocenters. The van der Waals surface area contributed by atoms with E-state index in [4.69, 9.17) is 26.6 Å². The standard InChI is InChI=1S/C20H18ClFN2O6/c21-16-8-14(30-6-5-25)2-3-15(16)20(29)24-10-18(26)23(11-19(27)28)9-12-7-13(22)1-4-17(12)24/h1-4,7-8,25H,5-6,9-11H2,(H,27,28). The summed E-state index contributed by atoms with van der Waals surface area (Å²) in [7, 11) is 0. The molecule has 2 aromatic carbocycles. The van der Waals surface area contributed by atoms with Crippen molar-refractivity contribution in [2.45, 2.75) is 6.54 Å². The topological polar surface area (TPSA) is 107 Å². The zero-order valence-electron chi connectivity index (χ0n) is 15.7. The fraction of sp³-hybridized carbons (Fsp3) is 0.250. The Labute approximate surface area is 176 Å². The second kappa shape index (κ2) is 9.10. The van der Waals surface area contributed by atoms with Crippen LogP contribution in [0.2, 0.25) is 5.02 Å². The van der Waals surface area contributed by atoms with Gasteiger partial charge in [-0.05, 0) is 42.0 Å². The van der Waals surface area contributed by atoms with E-state index in [0.717, 1.165) is 21.9 Å². The van der Waals surface area contributed by atoms with Crippen LogP contribution >= 0.6 is 11.6 Å². The molecule has 0 unspecified atom stereocenters. The van der Waals surface area contributed by atoms with E-state index in [1.165, 1.54) is 24.3 Å².